The summed E-state index contributed by atoms with van der Waals surface area (Å²) in [7, 11) is 0. The lowest BCUT2D eigenvalue weighted by Crippen LogP contribution is -2.54. The van der Waals surface area contributed by atoms with E-state index < -0.39 is 5.60 Å². The molecular weight excluding hydrogens is 427 g/mol. The van der Waals surface area contributed by atoms with Crippen molar-refractivity contribution >= 4 is 34.8 Å². The number of β-amino-alcohol motifs (C(OH)–C–C–N with tert-alkyl or cyclic N) is 1. The van der Waals surface area contributed by atoms with Gasteiger partial charge in [0.15, 0.2) is 0 Å². The first-order valence-corrected chi connectivity index (χ1v) is 9.29. The van der Waals surface area contributed by atoms with Crippen LogP contribution < -0.4 is 0 Å². The van der Waals surface area contributed by atoms with Crippen molar-refractivity contribution in [3.63, 3.8) is 0 Å². The third kappa shape index (κ3) is 7.87. The molecule has 2 aliphatic heterocycles. The maximum absolute atomic E-state index is 11.3. The minimum absolute atomic E-state index is 0.185. The van der Waals surface area contributed by atoms with E-state index in [0.717, 1.165) is 13.1 Å². The molecule has 1 N–H and O–H groups in total. The molecule has 0 aromatic carbocycles. The summed E-state index contributed by atoms with van der Waals surface area (Å²) in [6.45, 7) is 13.6. The summed E-state index contributed by atoms with van der Waals surface area (Å²) in [4.78, 5) is 25.7. The second-order valence-electron chi connectivity index (χ2n) is 8.02. The molecule has 2 amide bonds. The molecule has 140 valence electrons. The van der Waals surface area contributed by atoms with E-state index >= 15 is 0 Å². The lowest BCUT2D eigenvalue weighted by Gasteiger charge is -2.36. The average molecular weight is 456 g/mol. The van der Waals surface area contributed by atoms with Gasteiger partial charge in [-0.05, 0) is 41.5 Å². The number of halogens is 1. The third-order valence-electron chi connectivity index (χ3n) is 3.00. The molecular formula is C16H29IN2O5. The number of aliphatic hydroxyl groups excluding tert-OH is 1. The van der Waals surface area contributed by atoms with Gasteiger partial charge in [-0.3, -0.25) is 0 Å². The van der Waals surface area contributed by atoms with Crippen molar-refractivity contribution in [1.82, 2.24) is 9.80 Å². The van der Waals surface area contributed by atoms with Gasteiger partial charge in [0.05, 0.1) is 19.2 Å². The number of hydrogen-bond donors (Lipinski definition) is 1. The fourth-order valence-corrected chi connectivity index (χ4v) is 2.78. The smallest absolute Gasteiger partial charge is 0.410 e. The molecule has 24 heavy (non-hydrogen) atoms. The highest BCUT2D eigenvalue weighted by molar-refractivity contribution is 14.1. The number of aliphatic hydroxyl groups is 1. The van der Waals surface area contributed by atoms with Crippen LogP contribution in [0.4, 0.5) is 9.59 Å². The highest BCUT2D eigenvalue weighted by Gasteiger charge is 2.32. The molecule has 2 rings (SSSR count). The van der Waals surface area contributed by atoms with Crippen LogP contribution in [0.5, 0.6) is 0 Å². The van der Waals surface area contributed by atoms with Crippen LogP contribution in [0.15, 0.2) is 0 Å². The summed E-state index contributed by atoms with van der Waals surface area (Å²) in [5.41, 5.74) is -0.814. The minimum atomic E-state index is -0.447. The van der Waals surface area contributed by atoms with Gasteiger partial charge in [-0.25, -0.2) is 9.59 Å². The van der Waals surface area contributed by atoms with Crippen LogP contribution in [0, 0.1) is 0 Å². The summed E-state index contributed by atoms with van der Waals surface area (Å²) in [5, 5.41) is 8.92. The largest absolute Gasteiger partial charge is 0.444 e. The molecule has 8 heteroatoms. The van der Waals surface area contributed by atoms with Gasteiger partial charge >= 0.3 is 12.2 Å². The highest BCUT2D eigenvalue weighted by Crippen LogP contribution is 2.19. The van der Waals surface area contributed by atoms with Gasteiger partial charge in [-0.2, -0.15) is 0 Å². The molecule has 2 fully saturated rings. The zero-order valence-electron chi connectivity index (χ0n) is 15.3. The van der Waals surface area contributed by atoms with Crippen LogP contribution >= 0.6 is 22.6 Å². The van der Waals surface area contributed by atoms with Crippen molar-refractivity contribution in [1.29, 1.82) is 0 Å². The van der Waals surface area contributed by atoms with Crippen LogP contribution in [-0.4, -0.2) is 74.5 Å². The predicted molar refractivity (Wildman–Crippen MR) is 99.4 cm³/mol. The number of carbonyl (C=O) groups is 2. The van der Waals surface area contributed by atoms with Crippen LogP contribution in [-0.2, 0) is 9.47 Å². The van der Waals surface area contributed by atoms with Gasteiger partial charge in [0.1, 0.15) is 11.2 Å². The molecule has 0 unspecified atom stereocenters. The van der Waals surface area contributed by atoms with E-state index in [9.17, 15) is 9.59 Å². The molecule has 0 aliphatic carbocycles. The third-order valence-corrected chi connectivity index (χ3v) is 3.79. The molecule has 7 nitrogen and oxygen atoms in total. The summed E-state index contributed by atoms with van der Waals surface area (Å²) in [5.74, 6) is 0. The molecule has 2 aliphatic rings. The molecule has 2 saturated heterocycles. The summed E-state index contributed by atoms with van der Waals surface area (Å²) in [6.07, 6.45) is -0.888. The SMILES string of the molecule is CC(C)(C)OC(=O)N1CC(I)C1.CC(C)(C)OC(=O)N1CC(O)C1. The fraction of sp³-hybridized carbons (Fsp3) is 0.875. The monoisotopic (exact) mass is 456 g/mol. The molecule has 0 spiro atoms. The fourth-order valence-electron chi connectivity index (χ4n) is 1.83. The Kier molecular flexibility index (Phi) is 7.16. The zero-order valence-corrected chi connectivity index (χ0v) is 17.5. The van der Waals surface area contributed by atoms with Crippen molar-refractivity contribution in [2.75, 3.05) is 26.2 Å². The maximum atomic E-state index is 11.3. The molecule has 0 aromatic heterocycles. The summed E-state index contributed by atoms with van der Waals surface area (Å²) in [6, 6.07) is 0. The van der Waals surface area contributed by atoms with E-state index in [2.05, 4.69) is 22.6 Å². The molecule has 0 bridgehead atoms. The number of amides is 2. The van der Waals surface area contributed by atoms with Crippen molar-refractivity contribution < 1.29 is 24.2 Å². The molecule has 0 saturated carbocycles. The molecule has 0 atom stereocenters. The normalized spacial score (nSPS) is 18.8. The Morgan fingerprint density at radius 3 is 1.46 bits per heavy atom. The number of rotatable bonds is 0. The first-order valence-electron chi connectivity index (χ1n) is 8.05. The lowest BCUT2D eigenvalue weighted by atomic mass is 10.2. The number of likely N-dealkylation sites (tertiary alicyclic amines) is 2. The number of alkyl halides is 1. The topological polar surface area (TPSA) is 79.3 Å². The van der Waals surface area contributed by atoms with Gasteiger partial charge in [-0.15, -0.1) is 0 Å². The van der Waals surface area contributed by atoms with Crippen LogP contribution in [0.25, 0.3) is 0 Å². The second-order valence-corrected chi connectivity index (χ2v) is 9.78. The minimum Gasteiger partial charge on any atom is -0.444 e. The Morgan fingerprint density at radius 2 is 1.21 bits per heavy atom. The summed E-state index contributed by atoms with van der Waals surface area (Å²) < 4.78 is 10.8. The second kappa shape index (κ2) is 8.07. The zero-order chi connectivity index (χ0) is 18.7. The van der Waals surface area contributed by atoms with Crippen LogP contribution in [0.3, 0.4) is 0 Å². The van der Waals surface area contributed by atoms with Crippen molar-refractivity contribution in [3.05, 3.63) is 0 Å². The van der Waals surface area contributed by atoms with E-state index in [4.69, 9.17) is 14.6 Å². The van der Waals surface area contributed by atoms with Gasteiger partial charge < -0.3 is 24.4 Å². The Balaban J connectivity index is 0.000000240. The summed E-state index contributed by atoms with van der Waals surface area (Å²) >= 11 is 2.33. The lowest BCUT2D eigenvalue weighted by molar-refractivity contribution is -0.0303. The van der Waals surface area contributed by atoms with E-state index in [-0.39, 0.29) is 23.9 Å². The van der Waals surface area contributed by atoms with Gasteiger partial charge in [-0.1, -0.05) is 22.6 Å². The number of nitrogens with zero attached hydrogens (tertiary/aromatic N) is 2. The Bertz CT molecular complexity index is 404. The average Bonchev–Trinajstić information content (AvgIpc) is 2.27. The number of hydrogen-bond acceptors (Lipinski definition) is 5. The predicted octanol–water partition coefficient (Wildman–Crippen LogP) is 2.64. The number of carbonyl (C=O) groups excluding carboxylic acids is 2. The Morgan fingerprint density at radius 1 is 0.875 bits per heavy atom. The van der Waals surface area contributed by atoms with E-state index in [1.807, 2.05) is 41.5 Å². The first-order chi connectivity index (χ1) is 10.8. The van der Waals surface area contributed by atoms with Crippen LogP contribution in [0.2, 0.25) is 0 Å². The van der Waals surface area contributed by atoms with E-state index in [0.29, 0.717) is 17.0 Å². The van der Waals surface area contributed by atoms with Crippen molar-refractivity contribution in [3.8, 4) is 0 Å². The number of ether oxygens (including phenoxy) is 2. The van der Waals surface area contributed by atoms with E-state index in [1.165, 1.54) is 4.90 Å². The standard InChI is InChI=1S/C8H14INO2.C8H15NO3/c1-8(2,3)12-7(11)10-4-6(9)5-10;1-8(2,3)12-7(11)9-4-6(10)5-9/h6H,4-5H2,1-3H3;6,10H,4-5H2,1-3H3. The van der Waals surface area contributed by atoms with Crippen LogP contribution in [0.1, 0.15) is 41.5 Å². The van der Waals surface area contributed by atoms with Crippen molar-refractivity contribution in [2.45, 2.75) is 62.8 Å². The molecule has 0 aromatic rings. The van der Waals surface area contributed by atoms with Gasteiger partial charge in [0.2, 0.25) is 0 Å². The molecule has 0 radical (unpaired) electrons. The van der Waals surface area contributed by atoms with Gasteiger partial charge in [0.25, 0.3) is 0 Å². The maximum Gasteiger partial charge on any atom is 0.410 e. The van der Waals surface area contributed by atoms with Gasteiger partial charge in [0, 0.05) is 17.0 Å². The first kappa shape index (κ1) is 21.3. The highest BCUT2D eigenvalue weighted by atomic mass is 127. The Labute approximate surface area is 157 Å². The van der Waals surface area contributed by atoms with E-state index in [1.54, 1.807) is 4.90 Å². The van der Waals surface area contributed by atoms with Crippen molar-refractivity contribution in [2.24, 2.45) is 0 Å². The Hall–Kier alpha value is -0.770. The quantitative estimate of drug-likeness (QED) is 0.448. The molecule has 2 heterocycles.